The summed E-state index contributed by atoms with van der Waals surface area (Å²) in [6, 6.07) is 4.33. The number of hydrogen-bond acceptors (Lipinski definition) is 5. The van der Waals surface area contributed by atoms with Gasteiger partial charge >= 0.3 is 12.0 Å². The van der Waals surface area contributed by atoms with Gasteiger partial charge in [0.25, 0.3) is 5.91 Å². The Morgan fingerprint density at radius 3 is 2.63 bits per heavy atom. The van der Waals surface area contributed by atoms with E-state index in [9.17, 15) is 23.6 Å². The van der Waals surface area contributed by atoms with Crippen LogP contribution in [0.25, 0.3) is 0 Å². The van der Waals surface area contributed by atoms with E-state index in [-0.39, 0.29) is 5.56 Å². The minimum Gasteiger partial charge on any atom is -0.456 e. The smallest absolute Gasteiger partial charge is 0.326 e. The minimum atomic E-state index is -1.06. The van der Waals surface area contributed by atoms with Gasteiger partial charge in [-0.1, -0.05) is 26.0 Å². The highest BCUT2D eigenvalue weighted by atomic mass is 19.1. The van der Waals surface area contributed by atoms with E-state index in [2.05, 4.69) is 5.32 Å². The Labute approximate surface area is 156 Å². The summed E-state index contributed by atoms with van der Waals surface area (Å²) in [5.74, 6) is -2.19. The van der Waals surface area contributed by atoms with Crippen molar-refractivity contribution in [3.63, 3.8) is 0 Å². The molecule has 27 heavy (non-hydrogen) atoms. The molecule has 0 unspecified atom stereocenters. The Morgan fingerprint density at radius 1 is 1.30 bits per heavy atom. The molecule has 1 fully saturated rings. The van der Waals surface area contributed by atoms with Crippen LogP contribution in [0.4, 0.5) is 9.18 Å². The van der Waals surface area contributed by atoms with Crippen molar-refractivity contribution in [1.82, 2.24) is 10.2 Å². The number of urea groups is 1. The number of nitrogens with one attached hydrogen (secondary N) is 1. The minimum absolute atomic E-state index is 0.0686. The van der Waals surface area contributed by atoms with Crippen LogP contribution in [0.3, 0.4) is 0 Å². The Hall–Kier alpha value is -2.77. The van der Waals surface area contributed by atoms with Gasteiger partial charge < -0.3 is 10.1 Å². The quantitative estimate of drug-likeness (QED) is 0.426. The molecule has 7 nitrogen and oxygen atoms in total. The van der Waals surface area contributed by atoms with Gasteiger partial charge in [0.2, 0.25) is 0 Å². The van der Waals surface area contributed by atoms with Gasteiger partial charge in [-0.25, -0.2) is 9.18 Å². The molecule has 0 spiro atoms. The third-order valence-electron chi connectivity index (χ3n) is 4.36. The highest BCUT2D eigenvalue weighted by Gasteiger charge is 2.48. The largest absolute Gasteiger partial charge is 0.456 e. The topological polar surface area (TPSA) is 92.8 Å². The molecule has 3 amide bonds. The molecule has 1 aromatic carbocycles. The molecule has 0 radical (unpaired) electrons. The van der Waals surface area contributed by atoms with Gasteiger partial charge in [-0.3, -0.25) is 19.3 Å². The van der Waals surface area contributed by atoms with E-state index in [0.29, 0.717) is 12.3 Å². The lowest BCUT2D eigenvalue weighted by molar-refractivity contribution is -0.146. The summed E-state index contributed by atoms with van der Waals surface area (Å²) in [4.78, 5) is 49.2. The molecule has 146 valence electrons. The van der Waals surface area contributed by atoms with Crippen molar-refractivity contribution in [2.24, 2.45) is 5.92 Å². The number of halogens is 1. The zero-order chi connectivity index (χ0) is 20.2. The zero-order valence-corrected chi connectivity index (χ0v) is 15.6. The van der Waals surface area contributed by atoms with E-state index in [4.69, 9.17) is 4.74 Å². The molecule has 1 saturated heterocycles. The maximum atomic E-state index is 13.1. The maximum absolute atomic E-state index is 13.1. The van der Waals surface area contributed by atoms with Crippen molar-refractivity contribution in [3.05, 3.63) is 35.6 Å². The molecule has 0 aromatic heterocycles. The first kappa shape index (κ1) is 20.5. The number of nitrogens with zero attached hydrogens (tertiary/aromatic N) is 1. The van der Waals surface area contributed by atoms with Crippen LogP contribution < -0.4 is 5.32 Å². The van der Waals surface area contributed by atoms with Crippen LogP contribution in [-0.2, 0) is 14.3 Å². The Morgan fingerprint density at radius 2 is 2.00 bits per heavy atom. The highest BCUT2D eigenvalue weighted by Crippen LogP contribution is 2.24. The van der Waals surface area contributed by atoms with E-state index >= 15 is 0 Å². The predicted molar refractivity (Wildman–Crippen MR) is 94.4 cm³/mol. The van der Waals surface area contributed by atoms with Gasteiger partial charge in [-0.2, -0.15) is 0 Å². The van der Waals surface area contributed by atoms with Crippen LogP contribution in [0.5, 0.6) is 0 Å². The number of ketones is 1. The molecule has 1 N–H and O–H groups in total. The molecule has 8 heteroatoms. The number of hydrogen-bond donors (Lipinski definition) is 1. The lowest BCUT2D eigenvalue weighted by Crippen LogP contribution is -2.44. The second kappa shape index (κ2) is 8.28. The number of esters is 1. The van der Waals surface area contributed by atoms with Crippen LogP contribution in [-0.4, -0.2) is 47.3 Å². The third kappa shape index (κ3) is 5.12. The summed E-state index contributed by atoms with van der Waals surface area (Å²) in [7, 11) is 0. The van der Waals surface area contributed by atoms with Crippen molar-refractivity contribution >= 4 is 23.7 Å². The van der Waals surface area contributed by atoms with E-state index in [1.807, 2.05) is 13.8 Å². The average molecular weight is 378 g/mol. The molecular formula is C19H23FN2O5. The number of imide groups is 1. The number of benzene rings is 1. The molecule has 0 bridgehead atoms. The summed E-state index contributed by atoms with van der Waals surface area (Å²) in [6.45, 7) is 4.45. The van der Waals surface area contributed by atoms with Crippen molar-refractivity contribution in [3.8, 4) is 0 Å². The molecule has 1 atom stereocenters. The normalized spacial score (nSPS) is 19.4. The summed E-state index contributed by atoms with van der Waals surface area (Å²) >= 11 is 0. The van der Waals surface area contributed by atoms with Crippen molar-refractivity contribution < 1.29 is 28.3 Å². The second-order valence-electron chi connectivity index (χ2n) is 7.18. The van der Waals surface area contributed by atoms with Gasteiger partial charge in [-0.05, 0) is 37.8 Å². The second-order valence-corrected chi connectivity index (χ2v) is 7.18. The van der Waals surface area contributed by atoms with Crippen LogP contribution in [0.15, 0.2) is 24.3 Å². The summed E-state index contributed by atoms with van der Waals surface area (Å²) in [6.07, 6.45) is 1.20. The van der Waals surface area contributed by atoms with Crippen molar-refractivity contribution in [1.29, 1.82) is 0 Å². The predicted octanol–water partition coefficient (Wildman–Crippen LogP) is 2.30. The Bertz CT molecular complexity index is 764. The Balaban J connectivity index is 1.90. The van der Waals surface area contributed by atoms with Gasteiger partial charge in [0, 0.05) is 5.56 Å². The fourth-order valence-electron chi connectivity index (χ4n) is 2.70. The lowest BCUT2D eigenvalue weighted by atomic mass is 9.92. The van der Waals surface area contributed by atoms with Crippen molar-refractivity contribution in [2.75, 3.05) is 13.2 Å². The molecule has 2 rings (SSSR count). The summed E-state index contributed by atoms with van der Waals surface area (Å²) in [5.41, 5.74) is -0.988. The number of carbonyl (C=O) groups excluding carboxylic acids is 4. The molecular weight excluding hydrogens is 355 g/mol. The first-order chi connectivity index (χ1) is 12.6. The molecule has 1 aliphatic heterocycles. The van der Waals surface area contributed by atoms with Gasteiger partial charge in [-0.15, -0.1) is 0 Å². The maximum Gasteiger partial charge on any atom is 0.326 e. The number of Topliss-reactive ketones (excluding diaryl/α,β-unsaturated/α-hetero) is 1. The SMILES string of the molecule is CC(C)CC[C@@]1(C)NC(=O)N(CC(=O)OCC(=O)c2cccc(F)c2)C1=O. The van der Waals surface area contributed by atoms with Crippen LogP contribution in [0.1, 0.15) is 44.0 Å². The number of amides is 3. The molecule has 0 aliphatic carbocycles. The van der Waals surface area contributed by atoms with Crippen LogP contribution >= 0.6 is 0 Å². The molecule has 0 saturated carbocycles. The van der Waals surface area contributed by atoms with Crippen molar-refractivity contribution in [2.45, 2.75) is 39.2 Å². The standard InChI is InChI=1S/C19H23FN2O5/c1-12(2)7-8-19(3)17(25)22(18(26)21-19)10-16(24)27-11-15(23)13-5-4-6-14(20)9-13/h4-6,9,12H,7-8,10-11H2,1-3H3,(H,21,26)/t19-/m1/s1. The van der Waals surface area contributed by atoms with Crippen LogP contribution in [0, 0.1) is 11.7 Å². The molecule has 1 aliphatic rings. The van der Waals surface area contributed by atoms with Gasteiger partial charge in [0.1, 0.15) is 17.9 Å². The fourth-order valence-corrected chi connectivity index (χ4v) is 2.70. The zero-order valence-electron chi connectivity index (χ0n) is 15.6. The first-order valence-electron chi connectivity index (χ1n) is 8.71. The van der Waals surface area contributed by atoms with Gasteiger partial charge in [0.05, 0.1) is 0 Å². The third-order valence-corrected chi connectivity index (χ3v) is 4.36. The van der Waals surface area contributed by atoms with Gasteiger partial charge in [0.15, 0.2) is 12.4 Å². The highest BCUT2D eigenvalue weighted by molar-refractivity contribution is 6.08. The first-order valence-corrected chi connectivity index (χ1v) is 8.71. The van der Waals surface area contributed by atoms with E-state index in [1.54, 1.807) is 6.92 Å². The summed E-state index contributed by atoms with van der Waals surface area (Å²) in [5, 5.41) is 2.61. The van der Waals surface area contributed by atoms with E-state index in [0.717, 1.165) is 17.4 Å². The summed E-state index contributed by atoms with van der Waals surface area (Å²) < 4.78 is 18.0. The van der Waals surface area contributed by atoms with E-state index < -0.39 is 48.2 Å². The molecule has 1 heterocycles. The molecule has 1 aromatic rings. The lowest BCUT2D eigenvalue weighted by Gasteiger charge is -2.22. The average Bonchev–Trinajstić information content (AvgIpc) is 2.81. The number of ether oxygens (including phenoxy) is 1. The van der Waals surface area contributed by atoms with E-state index in [1.165, 1.54) is 18.2 Å². The number of rotatable bonds is 8. The Kier molecular flexibility index (Phi) is 6.30. The fraction of sp³-hybridized carbons (Fsp3) is 0.474. The monoisotopic (exact) mass is 378 g/mol. The van der Waals surface area contributed by atoms with Crippen LogP contribution in [0.2, 0.25) is 0 Å². The number of carbonyl (C=O) groups is 4.